The summed E-state index contributed by atoms with van der Waals surface area (Å²) in [6, 6.07) is 6.73. The second-order valence-electron chi connectivity index (χ2n) is 4.59. The second-order valence-corrected chi connectivity index (χ2v) is 7.28. The Morgan fingerprint density at radius 1 is 1.44 bits per heavy atom. The molecule has 1 aliphatic carbocycles. The first-order chi connectivity index (χ1) is 7.41. The maximum absolute atomic E-state index is 11.9. The predicted octanol–water partition coefficient (Wildman–Crippen LogP) is 2.53. The predicted molar refractivity (Wildman–Crippen MR) is 66.7 cm³/mol. The van der Waals surface area contributed by atoms with Crippen LogP contribution in [0.2, 0.25) is 0 Å². The normalized spacial score (nSPS) is 18.4. The summed E-state index contributed by atoms with van der Waals surface area (Å²) < 4.78 is 27.3. The standard InChI is InChI=1S/C11H14BrNO2S/c1-11(5-6-11)8-13-16(14,15)10-4-2-3-9(12)7-10/h2-4,7,13H,5-6,8H2,1H3. The largest absolute Gasteiger partial charge is 0.240 e. The first-order valence-corrected chi connectivity index (χ1v) is 7.44. The van der Waals surface area contributed by atoms with Crippen molar-refractivity contribution in [3.63, 3.8) is 0 Å². The van der Waals surface area contributed by atoms with Crippen molar-refractivity contribution in [2.45, 2.75) is 24.7 Å². The first-order valence-electron chi connectivity index (χ1n) is 5.17. The van der Waals surface area contributed by atoms with Crippen molar-refractivity contribution in [3.05, 3.63) is 28.7 Å². The van der Waals surface area contributed by atoms with Crippen LogP contribution in [0, 0.1) is 5.41 Å². The van der Waals surface area contributed by atoms with Crippen molar-refractivity contribution in [1.29, 1.82) is 0 Å². The molecule has 0 unspecified atom stereocenters. The van der Waals surface area contributed by atoms with Gasteiger partial charge in [-0.1, -0.05) is 28.9 Å². The van der Waals surface area contributed by atoms with E-state index in [9.17, 15) is 8.42 Å². The fourth-order valence-electron chi connectivity index (χ4n) is 1.38. The van der Waals surface area contributed by atoms with Crippen LogP contribution in [0.15, 0.2) is 33.6 Å². The third-order valence-electron chi connectivity index (χ3n) is 2.90. The second kappa shape index (κ2) is 4.13. The number of hydrogen-bond donors (Lipinski definition) is 1. The minimum atomic E-state index is -3.36. The lowest BCUT2D eigenvalue weighted by Gasteiger charge is -2.10. The van der Waals surface area contributed by atoms with Gasteiger partial charge in [-0.05, 0) is 36.5 Å². The van der Waals surface area contributed by atoms with Crippen LogP contribution >= 0.6 is 15.9 Å². The Morgan fingerprint density at radius 3 is 2.69 bits per heavy atom. The highest BCUT2D eigenvalue weighted by molar-refractivity contribution is 9.10. The van der Waals surface area contributed by atoms with Gasteiger partial charge in [-0.15, -0.1) is 0 Å². The van der Waals surface area contributed by atoms with Gasteiger partial charge in [0, 0.05) is 11.0 Å². The summed E-state index contributed by atoms with van der Waals surface area (Å²) in [5.74, 6) is 0. The van der Waals surface area contributed by atoms with Gasteiger partial charge in [-0.3, -0.25) is 0 Å². The molecule has 1 aliphatic rings. The number of nitrogens with one attached hydrogen (secondary N) is 1. The molecule has 0 aromatic heterocycles. The Morgan fingerprint density at radius 2 is 2.12 bits per heavy atom. The van der Waals surface area contributed by atoms with Gasteiger partial charge in [0.25, 0.3) is 0 Å². The molecule has 0 spiro atoms. The summed E-state index contributed by atoms with van der Waals surface area (Å²) in [7, 11) is -3.36. The van der Waals surface area contributed by atoms with E-state index in [1.165, 1.54) is 0 Å². The molecule has 3 nitrogen and oxygen atoms in total. The van der Waals surface area contributed by atoms with E-state index in [0.29, 0.717) is 11.4 Å². The molecular formula is C11H14BrNO2S. The molecule has 0 saturated heterocycles. The molecule has 0 amide bonds. The van der Waals surface area contributed by atoms with E-state index in [2.05, 4.69) is 27.6 Å². The van der Waals surface area contributed by atoms with Crippen LogP contribution < -0.4 is 4.72 Å². The third-order valence-corrected chi connectivity index (χ3v) is 4.79. The number of rotatable bonds is 4. The molecule has 1 fully saturated rings. The molecule has 1 aromatic carbocycles. The Bertz CT molecular complexity index is 494. The van der Waals surface area contributed by atoms with E-state index in [4.69, 9.17) is 0 Å². The van der Waals surface area contributed by atoms with E-state index >= 15 is 0 Å². The van der Waals surface area contributed by atoms with Gasteiger partial charge in [0.1, 0.15) is 0 Å². The zero-order valence-corrected chi connectivity index (χ0v) is 11.4. The van der Waals surface area contributed by atoms with Crippen molar-refractivity contribution in [2.24, 2.45) is 5.41 Å². The highest BCUT2D eigenvalue weighted by Crippen LogP contribution is 2.44. The molecule has 0 atom stereocenters. The van der Waals surface area contributed by atoms with Gasteiger partial charge in [-0.25, -0.2) is 13.1 Å². The van der Waals surface area contributed by atoms with E-state index in [0.717, 1.165) is 17.3 Å². The van der Waals surface area contributed by atoms with Gasteiger partial charge in [0.05, 0.1) is 4.90 Å². The Labute approximate surface area is 104 Å². The lowest BCUT2D eigenvalue weighted by Crippen LogP contribution is -2.29. The fraction of sp³-hybridized carbons (Fsp3) is 0.455. The summed E-state index contributed by atoms with van der Waals surface area (Å²) in [6.45, 7) is 2.62. The van der Waals surface area contributed by atoms with Crippen LogP contribution in [0.25, 0.3) is 0 Å². The molecule has 0 aliphatic heterocycles. The molecule has 1 saturated carbocycles. The average molecular weight is 304 g/mol. The van der Waals surface area contributed by atoms with E-state index in [-0.39, 0.29) is 5.41 Å². The first kappa shape index (κ1) is 12.1. The van der Waals surface area contributed by atoms with Crippen molar-refractivity contribution in [2.75, 3.05) is 6.54 Å². The molecule has 0 heterocycles. The summed E-state index contributed by atoms with van der Waals surface area (Å²) in [6.07, 6.45) is 2.21. The summed E-state index contributed by atoms with van der Waals surface area (Å²) >= 11 is 3.27. The lowest BCUT2D eigenvalue weighted by molar-refractivity contribution is 0.530. The zero-order valence-electron chi connectivity index (χ0n) is 9.03. The molecule has 5 heteroatoms. The Balaban J connectivity index is 2.12. The van der Waals surface area contributed by atoms with Crippen LogP contribution in [-0.4, -0.2) is 15.0 Å². The molecule has 88 valence electrons. The number of hydrogen-bond acceptors (Lipinski definition) is 2. The van der Waals surface area contributed by atoms with Gasteiger partial charge in [-0.2, -0.15) is 0 Å². The molecule has 1 N–H and O–H groups in total. The van der Waals surface area contributed by atoms with Crippen molar-refractivity contribution in [1.82, 2.24) is 4.72 Å². The fourth-order valence-corrected chi connectivity index (χ4v) is 3.17. The average Bonchev–Trinajstić information content (AvgIpc) is 2.95. The number of halogens is 1. The van der Waals surface area contributed by atoms with Gasteiger partial charge >= 0.3 is 0 Å². The molecule has 0 bridgehead atoms. The van der Waals surface area contributed by atoms with E-state index in [1.807, 2.05) is 0 Å². The number of sulfonamides is 1. The topological polar surface area (TPSA) is 46.2 Å². The molecule has 1 aromatic rings. The van der Waals surface area contributed by atoms with Crippen LogP contribution in [-0.2, 0) is 10.0 Å². The molecule has 16 heavy (non-hydrogen) atoms. The zero-order chi connectivity index (χ0) is 11.8. The molecule has 2 rings (SSSR count). The number of benzene rings is 1. The highest BCUT2D eigenvalue weighted by atomic mass is 79.9. The van der Waals surface area contributed by atoms with Gasteiger partial charge in [0.15, 0.2) is 0 Å². The highest BCUT2D eigenvalue weighted by Gasteiger charge is 2.38. The maximum Gasteiger partial charge on any atom is 0.240 e. The Hall–Kier alpha value is -0.390. The monoisotopic (exact) mass is 303 g/mol. The van der Waals surface area contributed by atoms with E-state index < -0.39 is 10.0 Å². The lowest BCUT2D eigenvalue weighted by atomic mass is 10.2. The van der Waals surface area contributed by atoms with Crippen LogP contribution in [0.4, 0.5) is 0 Å². The van der Waals surface area contributed by atoms with Crippen molar-refractivity contribution >= 4 is 26.0 Å². The van der Waals surface area contributed by atoms with Crippen LogP contribution in [0.1, 0.15) is 19.8 Å². The van der Waals surface area contributed by atoms with Crippen molar-refractivity contribution < 1.29 is 8.42 Å². The third kappa shape index (κ3) is 2.84. The van der Waals surface area contributed by atoms with Gasteiger partial charge < -0.3 is 0 Å². The smallest absolute Gasteiger partial charge is 0.211 e. The Kier molecular flexibility index (Phi) is 3.11. The molecule has 0 radical (unpaired) electrons. The minimum Gasteiger partial charge on any atom is -0.211 e. The van der Waals surface area contributed by atoms with E-state index in [1.54, 1.807) is 24.3 Å². The molecular weight excluding hydrogens is 290 g/mol. The minimum absolute atomic E-state index is 0.180. The van der Waals surface area contributed by atoms with Crippen molar-refractivity contribution in [3.8, 4) is 0 Å². The summed E-state index contributed by atoms with van der Waals surface area (Å²) in [5.41, 5.74) is 0.180. The maximum atomic E-state index is 11.9. The quantitative estimate of drug-likeness (QED) is 0.929. The van der Waals surface area contributed by atoms with Crippen LogP contribution in [0.5, 0.6) is 0 Å². The van der Waals surface area contributed by atoms with Gasteiger partial charge in [0.2, 0.25) is 10.0 Å². The van der Waals surface area contributed by atoms with Crippen LogP contribution in [0.3, 0.4) is 0 Å². The summed E-state index contributed by atoms with van der Waals surface area (Å²) in [5, 5.41) is 0. The summed E-state index contributed by atoms with van der Waals surface area (Å²) in [4.78, 5) is 0.311. The SMILES string of the molecule is CC1(CNS(=O)(=O)c2cccc(Br)c2)CC1.